The van der Waals surface area contributed by atoms with Crippen molar-refractivity contribution in [3.05, 3.63) is 23.8 Å². The minimum Gasteiger partial charge on any atom is -0.263 e. The Kier molecular flexibility index (Phi) is 2.38. The average molecular weight is 163 g/mol. The van der Waals surface area contributed by atoms with E-state index in [0.717, 1.165) is 5.69 Å². The van der Waals surface area contributed by atoms with Gasteiger partial charge in [0, 0.05) is 5.69 Å². The molecule has 1 aromatic heterocycles. The molecule has 0 aliphatic heterocycles. The standard InChI is InChI=1S/C8H9N3O/c1-5(2)6-3-7(8(9)12)11-4-10-6/h3-5H,1-2H3. The van der Waals surface area contributed by atoms with Gasteiger partial charge in [0.15, 0.2) is 0 Å². The van der Waals surface area contributed by atoms with Crippen LogP contribution >= 0.6 is 0 Å². The molecule has 1 aromatic rings. The highest BCUT2D eigenvalue weighted by Crippen LogP contribution is 2.10. The predicted molar refractivity (Wildman–Crippen MR) is 42.6 cm³/mol. The molecule has 0 aliphatic carbocycles. The highest BCUT2D eigenvalue weighted by molar-refractivity contribution is 5.90. The van der Waals surface area contributed by atoms with Gasteiger partial charge in [-0.2, -0.15) is 0 Å². The highest BCUT2D eigenvalue weighted by atomic mass is 16.1. The Morgan fingerprint density at radius 2 is 2.17 bits per heavy atom. The second-order valence-corrected chi connectivity index (χ2v) is 2.79. The summed E-state index contributed by atoms with van der Waals surface area (Å²) in [6, 6.07) is 1.49. The Balaban J connectivity index is 3.04. The van der Waals surface area contributed by atoms with Crippen molar-refractivity contribution in [2.45, 2.75) is 19.8 Å². The Morgan fingerprint density at radius 3 is 2.67 bits per heavy atom. The number of amides is 1. The number of nitrogens with zero attached hydrogens (tertiary/aromatic N) is 3. The van der Waals surface area contributed by atoms with Gasteiger partial charge < -0.3 is 0 Å². The van der Waals surface area contributed by atoms with Crippen molar-refractivity contribution in [2.24, 2.45) is 0 Å². The zero-order valence-electron chi connectivity index (χ0n) is 6.98. The average Bonchev–Trinajstić information content (AvgIpc) is 2.04. The van der Waals surface area contributed by atoms with Crippen molar-refractivity contribution in [3.63, 3.8) is 0 Å². The molecule has 0 spiro atoms. The molecule has 0 saturated heterocycles. The number of carbonyl (C=O) groups is 1. The normalized spacial score (nSPS) is 10.2. The van der Waals surface area contributed by atoms with Crippen LogP contribution in [0.1, 0.15) is 35.9 Å². The first-order valence-electron chi connectivity index (χ1n) is 3.66. The smallest absolute Gasteiger partial charge is 0.263 e. The number of carbonyl (C=O) groups excluding carboxylic acids is 1. The van der Waals surface area contributed by atoms with E-state index >= 15 is 0 Å². The lowest BCUT2D eigenvalue weighted by Crippen LogP contribution is -2.05. The van der Waals surface area contributed by atoms with Gasteiger partial charge in [0.1, 0.15) is 12.0 Å². The molecule has 1 rings (SSSR count). The molecule has 1 heterocycles. The summed E-state index contributed by atoms with van der Waals surface area (Å²) in [6.45, 7) is 3.90. The van der Waals surface area contributed by atoms with Crippen LogP contribution in [0.5, 0.6) is 0 Å². The fourth-order valence-electron chi connectivity index (χ4n) is 0.805. The first-order chi connectivity index (χ1) is 5.61. The van der Waals surface area contributed by atoms with Crippen LogP contribution < -0.4 is 5.73 Å². The van der Waals surface area contributed by atoms with Crippen LogP contribution in [-0.2, 0) is 0 Å². The largest absolute Gasteiger partial charge is 0.314 e. The second kappa shape index (κ2) is 3.30. The van der Waals surface area contributed by atoms with Crippen molar-refractivity contribution >= 4 is 5.91 Å². The molecule has 0 N–H and O–H groups in total. The van der Waals surface area contributed by atoms with E-state index < -0.39 is 5.91 Å². The molecule has 0 unspecified atom stereocenters. The van der Waals surface area contributed by atoms with Crippen LogP contribution in [0.25, 0.3) is 0 Å². The molecule has 2 radical (unpaired) electrons. The van der Waals surface area contributed by atoms with E-state index in [1.54, 1.807) is 0 Å². The van der Waals surface area contributed by atoms with Crippen molar-refractivity contribution in [3.8, 4) is 0 Å². The molecule has 4 heteroatoms. The van der Waals surface area contributed by atoms with Crippen molar-refractivity contribution in [1.82, 2.24) is 15.7 Å². The maximum Gasteiger partial charge on any atom is 0.314 e. The monoisotopic (exact) mass is 163 g/mol. The summed E-state index contributed by atoms with van der Waals surface area (Å²) in [7, 11) is 0. The summed E-state index contributed by atoms with van der Waals surface area (Å²) in [5.41, 5.74) is 9.40. The van der Waals surface area contributed by atoms with E-state index in [9.17, 15) is 4.79 Å². The lowest BCUT2D eigenvalue weighted by Gasteiger charge is -2.02. The summed E-state index contributed by atoms with van der Waals surface area (Å²) >= 11 is 0. The minimum absolute atomic E-state index is 0.0497. The topological polar surface area (TPSA) is 65.2 Å². The van der Waals surface area contributed by atoms with Crippen molar-refractivity contribution in [2.75, 3.05) is 0 Å². The van der Waals surface area contributed by atoms with Crippen LogP contribution in [0.2, 0.25) is 0 Å². The molecule has 0 aromatic carbocycles. The summed E-state index contributed by atoms with van der Waals surface area (Å²) in [6.07, 6.45) is 1.28. The van der Waals surface area contributed by atoms with E-state index in [1.165, 1.54) is 12.4 Å². The van der Waals surface area contributed by atoms with Gasteiger partial charge in [-0.1, -0.05) is 13.8 Å². The zero-order chi connectivity index (χ0) is 9.14. The van der Waals surface area contributed by atoms with Gasteiger partial charge in [0.05, 0.1) is 0 Å². The van der Waals surface area contributed by atoms with Gasteiger partial charge in [-0.05, 0) is 12.0 Å². The molecule has 0 atom stereocenters. The first kappa shape index (κ1) is 8.64. The molecular formula is C8H9N3O. The molecule has 0 bridgehead atoms. The third-order valence-electron chi connectivity index (χ3n) is 1.50. The van der Waals surface area contributed by atoms with Crippen LogP contribution in [0.4, 0.5) is 0 Å². The predicted octanol–water partition coefficient (Wildman–Crippen LogP) is 0.809. The van der Waals surface area contributed by atoms with E-state index in [1.807, 2.05) is 13.8 Å². The quantitative estimate of drug-likeness (QED) is 0.648. The molecule has 4 nitrogen and oxygen atoms in total. The summed E-state index contributed by atoms with van der Waals surface area (Å²) in [5, 5.41) is 0. The third kappa shape index (κ3) is 1.78. The van der Waals surface area contributed by atoms with E-state index in [2.05, 4.69) is 9.97 Å². The van der Waals surface area contributed by atoms with Crippen LogP contribution in [0, 0.1) is 0 Å². The van der Waals surface area contributed by atoms with E-state index in [4.69, 9.17) is 5.73 Å². The highest BCUT2D eigenvalue weighted by Gasteiger charge is 2.07. The van der Waals surface area contributed by atoms with Crippen molar-refractivity contribution < 1.29 is 4.79 Å². The molecular weight excluding hydrogens is 154 g/mol. The van der Waals surface area contributed by atoms with Crippen LogP contribution in [-0.4, -0.2) is 15.9 Å². The first-order valence-corrected chi connectivity index (χ1v) is 3.66. The lowest BCUT2D eigenvalue weighted by molar-refractivity contribution is 0.0987. The Bertz CT molecular complexity index is 296. The zero-order valence-corrected chi connectivity index (χ0v) is 6.98. The lowest BCUT2D eigenvalue weighted by atomic mass is 10.1. The van der Waals surface area contributed by atoms with Gasteiger partial charge in [-0.3, -0.25) is 4.79 Å². The van der Waals surface area contributed by atoms with Gasteiger partial charge in [0.2, 0.25) is 0 Å². The number of hydrogen-bond donors (Lipinski definition) is 0. The molecule has 12 heavy (non-hydrogen) atoms. The fraction of sp³-hybridized carbons (Fsp3) is 0.375. The molecule has 0 saturated carbocycles. The Labute approximate surface area is 70.8 Å². The van der Waals surface area contributed by atoms with Crippen LogP contribution in [0.3, 0.4) is 0 Å². The summed E-state index contributed by atoms with van der Waals surface area (Å²) in [5.74, 6) is -0.787. The molecule has 0 fully saturated rings. The Morgan fingerprint density at radius 1 is 1.50 bits per heavy atom. The van der Waals surface area contributed by atoms with Gasteiger partial charge in [-0.15, -0.1) is 5.73 Å². The summed E-state index contributed by atoms with van der Waals surface area (Å²) < 4.78 is 0. The SMILES string of the molecule is CC(C)c1cc(C([N])=O)ncn1. The van der Waals surface area contributed by atoms with Crippen molar-refractivity contribution in [1.29, 1.82) is 0 Å². The Hall–Kier alpha value is -1.45. The minimum atomic E-state index is -1.01. The second-order valence-electron chi connectivity index (χ2n) is 2.79. The van der Waals surface area contributed by atoms with Gasteiger partial charge in [-0.25, -0.2) is 9.97 Å². The molecule has 0 aliphatic rings. The summed E-state index contributed by atoms with van der Waals surface area (Å²) in [4.78, 5) is 18.0. The maximum atomic E-state index is 10.5. The van der Waals surface area contributed by atoms with E-state index in [-0.39, 0.29) is 11.6 Å². The maximum absolute atomic E-state index is 10.5. The van der Waals surface area contributed by atoms with Gasteiger partial charge in [0.25, 0.3) is 0 Å². The number of aromatic nitrogens is 2. The molecule has 1 amide bonds. The van der Waals surface area contributed by atoms with E-state index in [0.29, 0.717) is 0 Å². The number of rotatable bonds is 2. The fourth-order valence-corrected chi connectivity index (χ4v) is 0.805. The van der Waals surface area contributed by atoms with Crippen LogP contribution in [0.15, 0.2) is 12.4 Å². The molecule has 62 valence electrons. The van der Waals surface area contributed by atoms with Gasteiger partial charge >= 0.3 is 5.91 Å². The third-order valence-corrected chi connectivity index (χ3v) is 1.50. The number of hydrogen-bond acceptors (Lipinski definition) is 3.